The standard InChI is InChI=1S/C13H13F2NS/c1-16-13(8-10-3-2-6-17-10)9-4-5-11(14)12(15)7-9/h2-7,13,16H,8H2,1H3. The lowest BCUT2D eigenvalue weighted by Crippen LogP contribution is -2.18. The van der Waals surface area contributed by atoms with Crippen LogP contribution >= 0.6 is 11.3 Å². The van der Waals surface area contributed by atoms with Crippen molar-refractivity contribution in [1.29, 1.82) is 0 Å². The zero-order valence-electron chi connectivity index (χ0n) is 9.41. The van der Waals surface area contributed by atoms with Crippen LogP contribution in [-0.2, 0) is 6.42 Å². The number of hydrogen-bond donors (Lipinski definition) is 1. The monoisotopic (exact) mass is 253 g/mol. The Kier molecular flexibility index (Phi) is 3.86. The molecule has 2 aromatic rings. The predicted octanol–water partition coefficient (Wildman–Crippen LogP) is 3.53. The van der Waals surface area contributed by atoms with Gasteiger partial charge >= 0.3 is 0 Å². The first-order valence-electron chi connectivity index (χ1n) is 5.35. The fraction of sp³-hybridized carbons (Fsp3) is 0.231. The molecule has 1 atom stereocenters. The van der Waals surface area contributed by atoms with Crippen LogP contribution in [0.3, 0.4) is 0 Å². The van der Waals surface area contributed by atoms with E-state index in [-0.39, 0.29) is 6.04 Å². The van der Waals surface area contributed by atoms with Crippen LogP contribution in [0.1, 0.15) is 16.5 Å². The highest BCUT2D eigenvalue weighted by molar-refractivity contribution is 7.09. The van der Waals surface area contributed by atoms with E-state index in [0.29, 0.717) is 0 Å². The minimum Gasteiger partial charge on any atom is -0.313 e. The van der Waals surface area contributed by atoms with E-state index in [1.807, 2.05) is 24.6 Å². The molecule has 0 saturated heterocycles. The van der Waals surface area contributed by atoms with Crippen LogP contribution < -0.4 is 5.32 Å². The van der Waals surface area contributed by atoms with Gasteiger partial charge < -0.3 is 5.32 Å². The number of benzene rings is 1. The third-order valence-electron chi connectivity index (χ3n) is 2.68. The van der Waals surface area contributed by atoms with Gasteiger partial charge in [0.15, 0.2) is 11.6 Å². The summed E-state index contributed by atoms with van der Waals surface area (Å²) in [4.78, 5) is 1.22. The Bertz CT molecular complexity index is 482. The topological polar surface area (TPSA) is 12.0 Å². The molecule has 0 aliphatic heterocycles. The lowest BCUT2D eigenvalue weighted by Gasteiger charge is -2.15. The van der Waals surface area contributed by atoms with Crippen LogP contribution in [0.4, 0.5) is 8.78 Å². The fourth-order valence-corrected chi connectivity index (χ4v) is 2.50. The lowest BCUT2D eigenvalue weighted by atomic mass is 10.0. The van der Waals surface area contributed by atoms with Crippen molar-refractivity contribution in [3.05, 3.63) is 57.8 Å². The Hall–Kier alpha value is -1.26. The summed E-state index contributed by atoms with van der Waals surface area (Å²) >= 11 is 1.66. The molecule has 0 aliphatic carbocycles. The first-order chi connectivity index (χ1) is 8.20. The third-order valence-corrected chi connectivity index (χ3v) is 3.58. The van der Waals surface area contributed by atoms with Gasteiger partial charge in [-0.3, -0.25) is 0 Å². The normalized spacial score (nSPS) is 12.6. The van der Waals surface area contributed by atoms with E-state index in [1.54, 1.807) is 17.4 Å². The molecular weight excluding hydrogens is 240 g/mol. The highest BCUT2D eigenvalue weighted by Crippen LogP contribution is 2.22. The van der Waals surface area contributed by atoms with E-state index in [4.69, 9.17) is 0 Å². The molecule has 1 aromatic carbocycles. The Morgan fingerprint density at radius 2 is 2.06 bits per heavy atom. The number of hydrogen-bond acceptors (Lipinski definition) is 2. The van der Waals surface area contributed by atoms with E-state index in [1.165, 1.54) is 17.0 Å². The molecule has 1 unspecified atom stereocenters. The minimum absolute atomic E-state index is 0.00347. The Morgan fingerprint density at radius 1 is 1.24 bits per heavy atom. The van der Waals surface area contributed by atoms with Crippen molar-refractivity contribution in [3.8, 4) is 0 Å². The molecule has 17 heavy (non-hydrogen) atoms. The number of rotatable bonds is 4. The van der Waals surface area contributed by atoms with Gasteiger partial charge in [-0.25, -0.2) is 8.78 Å². The summed E-state index contributed by atoms with van der Waals surface area (Å²) in [5.74, 6) is -1.60. The Balaban J connectivity index is 2.20. The van der Waals surface area contributed by atoms with Gasteiger partial charge in [-0.2, -0.15) is 0 Å². The highest BCUT2D eigenvalue weighted by atomic mass is 32.1. The second kappa shape index (κ2) is 5.38. The zero-order valence-corrected chi connectivity index (χ0v) is 10.2. The van der Waals surface area contributed by atoms with Crippen molar-refractivity contribution in [2.24, 2.45) is 0 Å². The summed E-state index contributed by atoms with van der Waals surface area (Å²) in [5, 5.41) is 5.13. The van der Waals surface area contributed by atoms with Crippen LogP contribution in [0, 0.1) is 11.6 Å². The van der Waals surface area contributed by atoms with Crippen LogP contribution in [0.15, 0.2) is 35.7 Å². The predicted molar refractivity (Wildman–Crippen MR) is 66.2 cm³/mol. The van der Waals surface area contributed by atoms with Gasteiger partial charge in [-0.15, -0.1) is 11.3 Å². The van der Waals surface area contributed by atoms with Gasteiger partial charge in [0.25, 0.3) is 0 Å². The summed E-state index contributed by atoms with van der Waals surface area (Å²) in [5.41, 5.74) is 0.764. The average molecular weight is 253 g/mol. The molecule has 0 spiro atoms. The van der Waals surface area contributed by atoms with Gasteiger partial charge in [0.05, 0.1) is 0 Å². The van der Waals surface area contributed by atoms with Gasteiger partial charge in [-0.05, 0) is 36.2 Å². The quantitative estimate of drug-likeness (QED) is 0.879. The largest absolute Gasteiger partial charge is 0.313 e. The van der Waals surface area contributed by atoms with Crippen molar-refractivity contribution in [2.45, 2.75) is 12.5 Å². The number of nitrogens with one attached hydrogen (secondary N) is 1. The first-order valence-corrected chi connectivity index (χ1v) is 6.23. The molecule has 0 fully saturated rings. The van der Waals surface area contributed by atoms with Gasteiger partial charge in [0, 0.05) is 17.3 Å². The molecule has 90 valence electrons. The van der Waals surface area contributed by atoms with Gasteiger partial charge in [0.2, 0.25) is 0 Å². The smallest absolute Gasteiger partial charge is 0.159 e. The maximum atomic E-state index is 13.2. The van der Waals surface area contributed by atoms with Crippen molar-refractivity contribution in [1.82, 2.24) is 5.32 Å². The van der Waals surface area contributed by atoms with Crippen molar-refractivity contribution in [3.63, 3.8) is 0 Å². The molecule has 0 radical (unpaired) electrons. The summed E-state index contributed by atoms with van der Waals surface area (Å²) in [6.45, 7) is 0. The fourth-order valence-electron chi connectivity index (χ4n) is 1.75. The first kappa shape index (κ1) is 12.2. The number of halogens is 2. The number of thiophene rings is 1. The molecule has 1 nitrogen and oxygen atoms in total. The summed E-state index contributed by atoms with van der Waals surface area (Å²) < 4.78 is 26.0. The average Bonchev–Trinajstić information content (AvgIpc) is 2.82. The molecule has 0 bridgehead atoms. The summed E-state index contributed by atoms with van der Waals surface area (Å²) in [7, 11) is 1.82. The van der Waals surface area contributed by atoms with E-state index in [2.05, 4.69) is 5.32 Å². The third kappa shape index (κ3) is 2.90. The van der Waals surface area contributed by atoms with Crippen molar-refractivity contribution >= 4 is 11.3 Å². The maximum Gasteiger partial charge on any atom is 0.159 e. The van der Waals surface area contributed by atoms with E-state index in [0.717, 1.165) is 12.0 Å². The minimum atomic E-state index is -0.806. The van der Waals surface area contributed by atoms with E-state index < -0.39 is 11.6 Å². The van der Waals surface area contributed by atoms with Crippen LogP contribution in [0.25, 0.3) is 0 Å². The second-order valence-electron chi connectivity index (χ2n) is 3.80. The summed E-state index contributed by atoms with van der Waals surface area (Å²) in [6, 6.07) is 8.07. The molecule has 1 N–H and O–H groups in total. The van der Waals surface area contributed by atoms with Gasteiger partial charge in [0.1, 0.15) is 0 Å². The second-order valence-corrected chi connectivity index (χ2v) is 4.83. The Labute approximate surface area is 103 Å². The molecule has 2 rings (SSSR count). The zero-order chi connectivity index (χ0) is 12.3. The molecule has 1 heterocycles. The molecule has 4 heteroatoms. The van der Waals surface area contributed by atoms with Crippen LogP contribution in [0.2, 0.25) is 0 Å². The lowest BCUT2D eigenvalue weighted by molar-refractivity contribution is 0.501. The SMILES string of the molecule is CNC(Cc1cccs1)c1ccc(F)c(F)c1. The van der Waals surface area contributed by atoms with Crippen LogP contribution in [-0.4, -0.2) is 7.05 Å². The molecular formula is C13H13F2NS. The molecule has 0 saturated carbocycles. The van der Waals surface area contributed by atoms with Crippen molar-refractivity contribution in [2.75, 3.05) is 7.05 Å². The molecule has 1 aromatic heterocycles. The van der Waals surface area contributed by atoms with E-state index >= 15 is 0 Å². The highest BCUT2D eigenvalue weighted by Gasteiger charge is 2.13. The van der Waals surface area contributed by atoms with Gasteiger partial charge in [-0.1, -0.05) is 12.1 Å². The Morgan fingerprint density at radius 3 is 2.65 bits per heavy atom. The van der Waals surface area contributed by atoms with Crippen LogP contribution in [0.5, 0.6) is 0 Å². The molecule has 0 amide bonds. The van der Waals surface area contributed by atoms with E-state index in [9.17, 15) is 8.78 Å². The maximum absolute atomic E-state index is 13.2. The van der Waals surface area contributed by atoms with Crippen molar-refractivity contribution < 1.29 is 8.78 Å². The molecule has 0 aliphatic rings. The summed E-state index contributed by atoms with van der Waals surface area (Å²) in [6.07, 6.45) is 0.777. The number of likely N-dealkylation sites (N-methyl/N-ethyl adjacent to an activating group) is 1.